The molecule has 3 aromatic carbocycles. The Morgan fingerprint density at radius 1 is 0.861 bits per heavy atom. The number of hydrogen-bond acceptors (Lipinski definition) is 6. The largest absolute Gasteiger partial charge is 0.496 e. The Balaban J connectivity index is 1.97. The Morgan fingerprint density at radius 2 is 1.47 bits per heavy atom. The number of hydrogen-bond donors (Lipinski definition) is 1. The number of halogens is 4. The molecule has 11 heteroatoms. The van der Waals surface area contributed by atoms with E-state index in [1.54, 1.807) is 18.2 Å². The highest BCUT2D eigenvalue weighted by molar-refractivity contribution is 6.33. The van der Waals surface area contributed by atoms with Gasteiger partial charge >= 0.3 is 12.1 Å². The zero-order valence-electron chi connectivity index (χ0n) is 19.3. The van der Waals surface area contributed by atoms with Crippen LogP contribution in [0.1, 0.15) is 27.6 Å². The Hall–Kier alpha value is -3.92. The van der Waals surface area contributed by atoms with E-state index in [4.69, 9.17) is 30.5 Å². The number of nitrogens with one attached hydrogen (secondary N) is 1. The summed E-state index contributed by atoms with van der Waals surface area (Å²) in [6.45, 7) is 0. The summed E-state index contributed by atoms with van der Waals surface area (Å²) in [7, 11) is 4.11. The molecule has 7 nitrogen and oxygen atoms in total. The van der Waals surface area contributed by atoms with E-state index < -0.39 is 29.7 Å². The van der Waals surface area contributed by atoms with E-state index in [2.05, 4.69) is 5.32 Å². The number of ether oxygens (including phenoxy) is 4. The smallest absolute Gasteiger partial charge is 0.416 e. The van der Waals surface area contributed by atoms with Crippen molar-refractivity contribution in [3.05, 3.63) is 82.4 Å². The van der Waals surface area contributed by atoms with Gasteiger partial charge < -0.3 is 24.3 Å². The molecule has 36 heavy (non-hydrogen) atoms. The van der Waals surface area contributed by atoms with E-state index in [9.17, 15) is 22.8 Å². The lowest BCUT2D eigenvalue weighted by molar-refractivity contribution is -0.137. The number of carbonyl (C=O) groups excluding carboxylic acids is 2. The number of methoxy groups -OCH3 is 3. The van der Waals surface area contributed by atoms with Crippen LogP contribution >= 0.6 is 11.6 Å². The van der Waals surface area contributed by atoms with E-state index in [-0.39, 0.29) is 33.3 Å². The van der Waals surface area contributed by atoms with Gasteiger partial charge in [-0.05, 0) is 18.2 Å². The zero-order valence-corrected chi connectivity index (χ0v) is 20.1. The molecule has 1 atom stereocenters. The van der Waals surface area contributed by atoms with Crippen LogP contribution in [-0.4, -0.2) is 33.2 Å². The summed E-state index contributed by atoms with van der Waals surface area (Å²) in [5.74, 6) is -1.28. The summed E-state index contributed by atoms with van der Waals surface area (Å²) < 4.78 is 60.6. The number of esters is 1. The second-order valence-corrected chi connectivity index (χ2v) is 7.69. The van der Waals surface area contributed by atoms with Gasteiger partial charge in [-0.25, -0.2) is 4.79 Å². The molecule has 1 amide bonds. The minimum Gasteiger partial charge on any atom is -0.496 e. The lowest BCUT2D eigenvalue weighted by Crippen LogP contribution is -2.26. The highest BCUT2D eigenvalue weighted by atomic mass is 35.5. The fourth-order valence-electron chi connectivity index (χ4n) is 3.26. The summed E-state index contributed by atoms with van der Waals surface area (Å²) in [6, 6.07) is 13.2. The summed E-state index contributed by atoms with van der Waals surface area (Å²) in [4.78, 5) is 26.3. The maximum absolute atomic E-state index is 13.2. The molecular formula is C25H21ClF3NO6. The first kappa shape index (κ1) is 26.7. The van der Waals surface area contributed by atoms with Crippen LogP contribution in [0.25, 0.3) is 0 Å². The Labute approximate surface area is 209 Å². The number of alkyl halides is 3. The molecule has 0 aromatic heterocycles. The molecule has 0 heterocycles. The molecular weight excluding hydrogens is 503 g/mol. The van der Waals surface area contributed by atoms with Crippen LogP contribution in [0.3, 0.4) is 0 Å². The number of amides is 1. The van der Waals surface area contributed by atoms with E-state index in [0.29, 0.717) is 11.8 Å². The van der Waals surface area contributed by atoms with Crippen LogP contribution < -0.4 is 19.5 Å². The van der Waals surface area contributed by atoms with Crippen molar-refractivity contribution in [3.63, 3.8) is 0 Å². The molecule has 3 rings (SSSR count). The van der Waals surface area contributed by atoms with Crippen LogP contribution in [0, 0.1) is 0 Å². The predicted molar refractivity (Wildman–Crippen MR) is 126 cm³/mol. The molecule has 0 aliphatic carbocycles. The maximum Gasteiger partial charge on any atom is 0.416 e. The molecule has 1 N–H and O–H groups in total. The SMILES string of the molecule is COc1cc(OC)c(C(=O)O[C@H](C(=O)Nc2cc(C(F)(F)F)ccc2Cl)c2ccccc2)cc1OC. The normalized spacial score (nSPS) is 11.9. The second kappa shape index (κ2) is 11.2. The van der Waals surface area contributed by atoms with E-state index >= 15 is 0 Å². The van der Waals surface area contributed by atoms with Gasteiger partial charge in [0.05, 0.1) is 37.6 Å². The maximum atomic E-state index is 13.2. The topological polar surface area (TPSA) is 83.1 Å². The van der Waals surface area contributed by atoms with Gasteiger partial charge in [0.1, 0.15) is 11.3 Å². The van der Waals surface area contributed by atoms with Crippen molar-refractivity contribution in [2.24, 2.45) is 0 Å². The van der Waals surface area contributed by atoms with Crippen LogP contribution in [0.4, 0.5) is 18.9 Å². The summed E-state index contributed by atoms with van der Waals surface area (Å²) >= 11 is 6.01. The fraction of sp³-hybridized carbons (Fsp3) is 0.200. The van der Waals surface area contributed by atoms with Gasteiger partial charge in [-0.1, -0.05) is 41.9 Å². The summed E-state index contributed by atoms with van der Waals surface area (Å²) in [5.41, 5.74) is -1.10. The molecule has 0 saturated carbocycles. The summed E-state index contributed by atoms with van der Waals surface area (Å²) in [5, 5.41) is 2.19. The number of carbonyl (C=O) groups is 2. The highest BCUT2D eigenvalue weighted by Crippen LogP contribution is 2.37. The third-order valence-corrected chi connectivity index (χ3v) is 5.37. The van der Waals surface area contributed by atoms with Crippen LogP contribution in [-0.2, 0) is 15.7 Å². The van der Waals surface area contributed by atoms with Gasteiger partial charge in [0, 0.05) is 17.7 Å². The molecule has 0 saturated heterocycles. The van der Waals surface area contributed by atoms with Crippen LogP contribution in [0.15, 0.2) is 60.7 Å². The lowest BCUT2D eigenvalue weighted by Gasteiger charge is -2.20. The average molecular weight is 524 g/mol. The van der Waals surface area contributed by atoms with Gasteiger partial charge in [-0.15, -0.1) is 0 Å². The number of benzene rings is 3. The fourth-order valence-corrected chi connectivity index (χ4v) is 3.42. The van der Waals surface area contributed by atoms with E-state index in [1.807, 2.05) is 0 Å². The minimum absolute atomic E-state index is 0.0685. The van der Waals surface area contributed by atoms with Crippen LogP contribution in [0.5, 0.6) is 17.2 Å². The van der Waals surface area contributed by atoms with Gasteiger partial charge in [0.15, 0.2) is 11.5 Å². The molecule has 190 valence electrons. The standard InChI is InChI=1S/C25H21ClF3NO6/c1-33-19-13-21(35-3)20(34-2)12-16(19)24(32)36-22(14-7-5-4-6-8-14)23(31)30-18-11-15(25(27,28)29)9-10-17(18)26/h4-13,22H,1-3H3,(H,30,31)/t22-/m0/s1. The Morgan fingerprint density at radius 3 is 2.06 bits per heavy atom. The van der Waals surface area contributed by atoms with Gasteiger partial charge in [-0.3, -0.25) is 4.79 Å². The summed E-state index contributed by atoms with van der Waals surface area (Å²) in [6.07, 6.45) is -6.19. The van der Waals surface area contributed by atoms with Crippen molar-refractivity contribution in [1.82, 2.24) is 0 Å². The molecule has 0 radical (unpaired) electrons. The Bertz CT molecular complexity index is 1250. The predicted octanol–water partition coefficient (Wildman–Crippen LogP) is 5.92. The second-order valence-electron chi connectivity index (χ2n) is 7.29. The molecule has 3 aromatic rings. The molecule has 0 spiro atoms. The molecule has 0 aliphatic heterocycles. The van der Waals surface area contributed by atoms with Gasteiger partial charge in [0.2, 0.25) is 6.10 Å². The first-order valence-corrected chi connectivity index (χ1v) is 10.7. The molecule has 0 fully saturated rings. The zero-order chi connectivity index (χ0) is 26.5. The van der Waals surface area contributed by atoms with Gasteiger partial charge in [-0.2, -0.15) is 13.2 Å². The van der Waals surface area contributed by atoms with Crippen molar-refractivity contribution in [1.29, 1.82) is 0 Å². The van der Waals surface area contributed by atoms with Crippen molar-refractivity contribution >= 4 is 29.2 Å². The monoisotopic (exact) mass is 523 g/mol. The molecule has 0 unspecified atom stereocenters. The number of rotatable bonds is 8. The van der Waals surface area contributed by atoms with E-state index in [1.165, 1.54) is 45.6 Å². The first-order valence-electron chi connectivity index (χ1n) is 10.3. The van der Waals surface area contributed by atoms with Crippen molar-refractivity contribution in [2.75, 3.05) is 26.6 Å². The third-order valence-electron chi connectivity index (χ3n) is 5.04. The Kier molecular flexibility index (Phi) is 8.31. The molecule has 0 aliphatic rings. The number of anilines is 1. The highest BCUT2D eigenvalue weighted by Gasteiger charge is 2.32. The lowest BCUT2D eigenvalue weighted by atomic mass is 10.1. The average Bonchev–Trinajstić information content (AvgIpc) is 2.87. The molecule has 0 bridgehead atoms. The van der Waals surface area contributed by atoms with Crippen molar-refractivity contribution in [2.45, 2.75) is 12.3 Å². The van der Waals surface area contributed by atoms with Crippen molar-refractivity contribution < 1.29 is 41.7 Å². The first-order chi connectivity index (χ1) is 17.1. The van der Waals surface area contributed by atoms with Crippen molar-refractivity contribution in [3.8, 4) is 17.2 Å². The third kappa shape index (κ3) is 6.01. The van der Waals surface area contributed by atoms with E-state index in [0.717, 1.165) is 12.1 Å². The van der Waals surface area contributed by atoms with Crippen LogP contribution in [0.2, 0.25) is 5.02 Å². The quantitative estimate of drug-likeness (QED) is 0.369. The van der Waals surface area contributed by atoms with Gasteiger partial charge in [0.25, 0.3) is 5.91 Å². The minimum atomic E-state index is -4.65.